The summed E-state index contributed by atoms with van der Waals surface area (Å²) in [4.78, 5) is 19.9. The van der Waals surface area contributed by atoms with Gasteiger partial charge in [0, 0.05) is 23.6 Å². The highest BCUT2D eigenvalue weighted by Crippen LogP contribution is 2.33. The molecule has 0 saturated heterocycles. The normalized spacial score (nSPS) is 18.8. The van der Waals surface area contributed by atoms with E-state index in [1.807, 2.05) is 42.6 Å². The van der Waals surface area contributed by atoms with Gasteiger partial charge in [0.15, 0.2) is 0 Å². The molecule has 6 nitrogen and oxygen atoms in total. The third kappa shape index (κ3) is 3.40. The first-order valence-corrected chi connectivity index (χ1v) is 8.61. The Morgan fingerprint density at radius 1 is 1.19 bits per heavy atom. The molecule has 2 heterocycles. The minimum absolute atomic E-state index is 0. The summed E-state index contributed by atoms with van der Waals surface area (Å²) in [6.07, 6.45) is 3.04. The molecule has 140 valence electrons. The van der Waals surface area contributed by atoms with E-state index in [1.54, 1.807) is 7.11 Å². The lowest BCUT2D eigenvalue weighted by molar-refractivity contribution is -0.122. The zero-order valence-corrected chi connectivity index (χ0v) is 16.0. The fourth-order valence-electron chi connectivity index (χ4n) is 3.40. The van der Waals surface area contributed by atoms with Gasteiger partial charge < -0.3 is 9.72 Å². The molecule has 7 heteroatoms. The van der Waals surface area contributed by atoms with Crippen molar-refractivity contribution in [2.75, 3.05) is 7.11 Å². The molecule has 2 N–H and O–H groups in total. The number of benzene rings is 2. The van der Waals surface area contributed by atoms with Crippen molar-refractivity contribution in [3.05, 3.63) is 48.0 Å². The van der Waals surface area contributed by atoms with E-state index >= 15 is 0 Å². The number of hydrazone groups is 1. The van der Waals surface area contributed by atoms with Crippen molar-refractivity contribution < 1.29 is 9.53 Å². The average molecular weight is 385 g/mol. The fraction of sp³-hybridized carbons (Fsp3) is 0.250. The van der Waals surface area contributed by atoms with Crippen molar-refractivity contribution in [1.29, 1.82) is 0 Å². The second kappa shape index (κ2) is 7.40. The Hall–Kier alpha value is -2.86. The summed E-state index contributed by atoms with van der Waals surface area (Å²) in [5.74, 6) is 1.56. The number of methoxy groups -OCH3 is 1. The van der Waals surface area contributed by atoms with Gasteiger partial charge in [0.1, 0.15) is 11.6 Å². The van der Waals surface area contributed by atoms with E-state index in [-0.39, 0.29) is 23.7 Å². The van der Waals surface area contributed by atoms with E-state index in [9.17, 15) is 4.79 Å². The number of H-pyrrole nitrogens is 1. The van der Waals surface area contributed by atoms with Crippen LogP contribution in [0.1, 0.15) is 25.3 Å². The molecule has 0 bridgehead atoms. The first kappa shape index (κ1) is 18.9. The zero-order chi connectivity index (χ0) is 18.1. The van der Waals surface area contributed by atoms with Crippen molar-refractivity contribution in [3.63, 3.8) is 0 Å². The molecule has 1 aromatic heterocycles. The van der Waals surface area contributed by atoms with E-state index < -0.39 is 0 Å². The predicted octanol–water partition coefficient (Wildman–Crippen LogP) is 3.81. The molecule has 1 aliphatic rings. The largest absolute Gasteiger partial charge is 0.497 e. The molecule has 0 aliphatic carbocycles. The number of carbonyl (C=O) groups excluding carboxylic acids is 1. The molecule has 1 aliphatic heterocycles. The maximum atomic E-state index is 11.9. The third-order valence-corrected chi connectivity index (χ3v) is 5.03. The highest BCUT2D eigenvalue weighted by Gasteiger charge is 2.34. The van der Waals surface area contributed by atoms with Crippen molar-refractivity contribution in [1.82, 2.24) is 15.4 Å². The van der Waals surface area contributed by atoms with Gasteiger partial charge in [-0.25, -0.2) is 10.4 Å². The molecule has 0 spiro atoms. The number of carbonyl (C=O) groups is 1. The number of aromatic nitrogens is 2. The van der Waals surface area contributed by atoms with Crippen molar-refractivity contribution in [2.24, 2.45) is 5.10 Å². The van der Waals surface area contributed by atoms with E-state index in [1.165, 1.54) is 0 Å². The molecule has 0 fully saturated rings. The molecule has 1 atom stereocenters. The van der Waals surface area contributed by atoms with Gasteiger partial charge in [0.05, 0.1) is 18.1 Å². The van der Waals surface area contributed by atoms with Crippen LogP contribution in [-0.2, 0) is 10.2 Å². The molecular weight excluding hydrogens is 364 g/mol. The lowest BCUT2D eigenvalue weighted by Crippen LogP contribution is -2.39. The Labute approximate surface area is 163 Å². The number of amides is 1. The van der Waals surface area contributed by atoms with Gasteiger partial charge in [-0.2, -0.15) is 5.10 Å². The van der Waals surface area contributed by atoms with Gasteiger partial charge in [-0.05, 0) is 48.4 Å². The highest BCUT2D eigenvalue weighted by molar-refractivity contribution is 5.90. The Bertz CT molecular complexity index is 997. The summed E-state index contributed by atoms with van der Waals surface area (Å²) >= 11 is 0. The van der Waals surface area contributed by atoms with Crippen LogP contribution in [0.3, 0.4) is 0 Å². The van der Waals surface area contributed by atoms with Crippen LogP contribution in [0.5, 0.6) is 5.75 Å². The van der Waals surface area contributed by atoms with Crippen molar-refractivity contribution in [2.45, 2.75) is 25.2 Å². The quantitative estimate of drug-likeness (QED) is 0.717. The second-order valence-corrected chi connectivity index (χ2v) is 6.53. The highest BCUT2D eigenvalue weighted by atomic mass is 35.5. The van der Waals surface area contributed by atoms with Crippen LogP contribution in [0.15, 0.2) is 47.6 Å². The Kier molecular flexibility index (Phi) is 5.19. The number of ether oxygens (including phenoxy) is 1. The van der Waals surface area contributed by atoms with Crippen LogP contribution < -0.4 is 10.2 Å². The van der Waals surface area contributed by atoms with Gasteiger partial charge in [-0.3, -0.25) is 4.79 Å². The zero-order valence-electron chi connectivity index (χ0n) is 15.2. The molecule has 4 rings (SSSR count). The molecule has 1 amide bonds. The summed E-state index contributed by atoms with van der Waals surface area (Å²) in [7, 11) is 1.65. The smallest absolute Gasteiger partial charge is 0.241 e. The summed E-state index contributed by atoms with van der Waals surface area (Å²) in [6, 6.07) is 13.9. The topological polar surface area (TPSA) is 79.4 Å². The molecule has 2 aromatic carbocycles. The molecular formula is C20H21ClN4O2. The number of hydrogen-bond acceptors (Lipinski definition) is 4. The van der Waals surface area contributed by atoms with Crippen LogP contribution in [-0.4, -0.2) is 29.2 Å². The number of fused-ring (bicyclic) bond motifs is 1. The standard InChI is InChI=1S/C20H20N4O2.ClH/c1-3-20(11-18(25)24-21-12-20)14-6-9-16-17(10-14)23-19(22-16)13-4-7-15(26-2)8-5-13;/h4-10,12H,3,11H2,1-2H3,(H,22,23)(H,24,25);1H. The van der Waals surface area contributed by atoms with Crippen LogP contribution in [0, 0.1) is 0 Å². The van der Waals surface area contributed by atoms with Gasteiger partial charge in [-0.15, -0.1) is 12.4 Å². The number of halogens is 1. The number of aromatic amines is 1. The van der Waals surface area contributed by atoms with Crippen LogP contribution in [0.2, 0.25) is 0 Å². The SMILES string of the molecule is CCC1(c2ccc3nc(-c4ccc(OC)cc4)[nH]c3c2)C=NNC(=O)C1.Cl. The van der Waals surface area contributed by atoms with Gasteiger partial charge in [0.2, 0.25) is 5.91 Å². The number of nitrogens with one attached hydrogen (secondary N) is 2. The number of rotatable bonds is 4. The monoisotopic (exact) mass is 384 g/mol. The predicted molar refractivity (Wildman–Crippen MR) is 109 cm³/mol. The second-order valence-electron chi connectivity index (χ2n) is 6.53. The Morgan fingerprint density at radius 2 is 1.96 bits per heavy atom. The van der Waals surface area contributed by atoms with E-state index in [0.29, 0.717) is 6.42 Å². The summed E-state index contributed by atoms with van der Waals surface area (Å²) < 4.78 is 5.20. The Morgan fingerprint density at radius 3 is 2.63 bits per heavy atom. The molecule has 0 radical (unpaired) electrons. The minimum Gasteiger partial charge on any atom is -0.497 e. The lowest BCUT2D eigenvalue weighted by Gasteiger charge is -2.30. The maximum Gasteiger partial charge on any atom is 0.241 e. The Balaban J connectivity index is 0.00000210. The van der Waals surface area contributed by atoms with E-state index in [4.69, 9.17) is 4.74 Å². The average Bonchev–Trinajstić information content (AvgIpc) is 3.11. The molecule has 27 heavy (non-hydrogen) atoms. The van der Waals surface area contributed by atoms with E-state index in [0.717, 1.165) is 40.2 Å². The first-order valence-electron chi connectivity index (χ1n) is 8.61. The maximum absolute atomic E-state index is 11.9. The van der Waals surface area contributed by atoms with Crippen LogP contribution in [0.25, 0.3) is 22.4 Å². The van der Waals surface area contributed by atoms with Crippen LogP contribution >= 0.6 is 12.4 Å². The molecule has 3 aromatic rings. The summed E-state index contributed by atoms with van der Waals surface area (Å²) in [6.45, 7) is 2.07. The summed E-state index contributed by atoms with van der Waals surface area (Å²) in [5.41, 5.74) is 6.04. The third-order valence-electron chi connectivity index (χ3n) is 5.03. The number of nitrogens with zero attached hydrogens (tertiary/aromatic N) is 2. The first-order chi connectivity index (χ1) is 12.6. The number of imidazole rings is 1. The van der Waals surface area contributed by atoms with Gasteiger partial charge >= 0.3 is 0 Å². The minimum atomic E-state index is -0.373. The molecule has 1 unspecified atom stereocenters. The lowest BCUT2D eigenvalue weighted by atomic mass is 9.75. The fourth-order valence-corrected chi connectivity index (χ4v) is 3.40. The van der Waals surface area contributed by atoms with Crippen LogP contribution in [0.4, 0.5) is 0 Å². The van der Waals surface area contributed by atoms with E-state index in [2.05, 4.69) is 33.5 Å². The molecule has 0 saturated carbocycles. The van der Waals surface area contributed by atoms with Gasteiger partial charge in [-0.1, -0.05) is 13.0 Å². The van der Waals surface area contributed by atoms with Gasteiger partial charge in [0.25, 0.3) is 0 Å². The summed E-state index contributed by atoms with van der Waals surface area (Å²) in [5, 5.41) is 4.05. The van der Waals surface area contributed by atoms with Crippen molar-refractivity contribution in [3.8, 4) is 17.1 Å². The number of hydrogen-bond donors (Lipinski definition) is 2. The van der Waals surface area contributed by atoms with Crippen molar-refractivity contribution >= 4 is 35.6 Å².